The lowest BCUT2D eigenvalue weighted by Gasteiger charge is -2.25. The number of ether oxygens (including phenoxy) is 2. The predicted molar refractivity (Wildman–Crippen MR) is 139 cm³/mol. The largest absolute Gasteiger partial charge is 0.419 e. The number of aryl methyl sites for hydroxylation is 1. The molecular formula is C25H26N4O5S2. The van der Waals surface area contributed by atoms with Crippen LogP contribution in [0.15, 0.2) is 39.5 Å². The van der Waals surface area contributed by atoms with E-state index in [2.05, 4.69) is 28.8 Å². The monoisotopic (exact) mass is 526 g/mol. The first kappa shape index (κ1) is 24.7. The number of benzene rings is 1. The second-order valence-electron chi connectivity index (χ2n) is 8.72. The maximum Gasteiger partial charge on any atom is 0.419 e. The molecule has 0 spiro atoms. The predicted octanol–water partition coefficient (Wildman–Crippen LogP) is 3.02. The van der Waals surface area contributed by atoms with Crippen LogP contribution in [0.2, 0.25) is 0 Å². The minimum atomic E-state index is -0.643. The van der Waals surface area contributed by atoms with Crippen LogP contribution in [0, 0.1) is 11.3 Å². The van der Waals surface area contributed by atoms with Crippen molar-refractivity contribution in [3.05, 3.63) is 45.8 Å². The lowest BCUT2D eigenvalue weighted by Crippen LogP contribution is -2.49. The normalized spacial score (nSPS) is 19.6. The Balaban J connectivity index is 1.25. The Morgan fingerprint density at radius 1 is 1.31 bits per heavy atom. The van der Waals surface area contributed by atoms with Gasteiger partial charge in [0.1, 0.15) is 12.1 Å². The number of fused-ring (bicyclic) bond motifs is 2. The standard InChI is InChI=1S/C25H26N4O5S2/c1-29-18-7-14(3-4-19(18)34-25(29)31)21-10-23-22(36-21)9-17(35-23)8-15(11-26)28-24(30)20-13-27-12-16(32-2)5-6-33-20/h3-4,7,9-10,15-16,20,27H,5-6,8,12-13H2,1-2H3,(H,28,30)/t15?,16-,20-/m0/s1. The molecule has 1 unspecified atom stereocenters. The second kappa shape index (κ2) is 10.5. The summed E-state index contributed by atoms with van der Waals surface area (Å²) in [5.74, 6) is -0.662. The molecule has 1 saturated heterocycles. The highest BCUT2D eigenvalue weighted by atomic mass is 32.1. The smallest absolute Gasteiger partial charge is 0.408 e. The van der Waals surface area contributed by atoms with Crippen molar-refractivity contribution in [1.82, 2.24) is 15.2 Å². The average molecular weight is 527 g/mol. The number of nitrogens with one attached hydrogen (secondary N) is 2. The maximum absolute atomic E-state index is 12.7. The van der Waals surface area contributed by atoms with Crippen LogP contribution in [0.4, 0.5) is 0 Å². The minimum Gasteiger partial charge on any atom is -0.408 e. The summed E-state index contributed by atoms with van der Waals surface area (Å²) in [6.45, 7) is 1.47. The van der Waals surface area contributed by atoms with E-state index in [1.165, 1.54) is 4.57 Å². The van der Waals surface area contributed by atoms with Gasteiger partial charge in [-0.05, 0) is 42.3 Å². The van der Waals surface area contributed by atoms with Crippen molar-refractivity contribution in [3.8, 4) is 16.5 Å². The Kier molecular flexibility index (Phi) is 7.22. The van der Waals surface area contributed by atoms with E-state index in [1.54, 1.807) is 36.8 Å². The lowest BCUT2D eigenvalue weighted by molar-refractivity contribution is -0.134. The summed E-state index contributed by atoms with van der Waals surface area (Å²) in [6.07, 6.45) is 0.562. The summed E-state index contributed by atoms with van der Waals surface area (Å²) in [5.41, 5.74) is 2.33. The van der Waals surface area contributed by atoms with Gasteiger partial charge in [0.05, 0.1) is 24.3 Å². The molecule has 1 fully saturated rings. The van der Waals surface area contributed by atoms with Gasteiger partial charge in [0, 0.05) is 52.8 Å². The van der Waals surface area contributed by atoms with Gasteiger partial charge in [0.15, 0.2) is 5.58 Å². The molecule has 9 nitrogen and oxygen atoms in total. The molecular weight excluding hydrogens is 500 g/mol. The van der Waals surface area contributed by atoms with Crippen LogP contribution in [-0.4, -0.2) is 55.5 Å². The SMILES string of the molecule is CO[C@H]1CCO[C@H](C(=O)NC(C#N)Cc2cc3sc(-c4ccc5oc(=O)n(C)c5c4)cc3s2)CNC1. The van der Waals surface area contributed by atoms with Gasteiger partial charge in [-0.2, -0.15) is 5.26 Å². The third kappa shape index (κ3) is 5.09. The molecule has 36 heavy (non-hydrogen) atoms. The van der Waals surface area contributed by atoms with Gasteiger partial charge < -0.3 is 24.5 Å². The summed E-state index contributed by atoms with van der Waals surface area (Å²) in [7, 11) is 3.35. The first-order valence-corrected chi connectivity index (χ1v) is 13.3. The van der Waals surface area contributed by atoms with Crippen molar-refractivity contribution in [1.29, 1.82) is 5.26 Å². The molecule has 0 radical (unpaired) electrons. The van der Waals surface area contributed by atoms with E-state index >= 15 is 0 Å². The zero-order valence-corrected chi connectivity index (χ0v) is 21.5. The third-order valence-corrected chi connectivity index (χ3v) is 8.66. The molecule has 2 N–H and O–H groups in total. The van der Waals surface area contributed by atoms with Crippen molar-refractivity contribution in [3.63, 3.8) is 0 Å². The highest BCUT2D eigenvalue weighted by Gasteiger charge is 2.25. The van der Waals surface area contributed by atoms with Crippen LogP contribution in [0.25, 0.3) is 30.9 Å². The number of amides is 1. The number of thiophene rings is 2. The van der Waals surface area contributed by atoms with E-state index in [0.717, 1.165) is 30.2 Å². The Morgan fingerprint density at radius 3 is 2.92 bits per heavy atom. The van der Waals surface area contributed by atoms with E-state index in [-0.39, 0.29) is 17.8 Å². The highest BCUT2D eigenvalue weighted by molar-refractivity contribution is 7.29. The summed E-state index contributed by atoms with van der Waals surface area (Å²) in [5, 5.41) is 15.7. The van der Waals surface area contributed by atoms with Gasteiger partial charge in [0.2, 0.25) is 0 Å². The quantitative estimate of drug-likeness (QED) is 0.396. The zero-order valence-electron chi connectivity index (χ0n) is 19.9. The molecule has 5 rings (SSSR count). The van der Waals surface area contributed by atoms with E-state index in [9.17, 15) is 14.9 Å². The van der Waals surface area contributed by atoms with Gasteiger partial charge in [0.25, 0.3) is 5.91 Å². The summed E-state index contributed by atoms with van der Waals surface area (Å²) >= 11 is 3.27. The summed E-state index contributed by atoms with van der Waals surface area (Å²) < 4.78 is 20.0. The number of carbonyl (C=O) groups excluding carboxylic acids is 1. The Hall–Kier alpha value is -3.01. The van der Waals surface area contributed by atoms with Crippen molar-refractivity contribution in [2.45, 2.75) is 31.1 Å². The molecule has 1 aliphatic heterocycles. The number of hydrogen-bond donors (Lipinski definition) is 2. The van der Waals surface area contributed by atoms with Gasteiger partial charge in [-0.1, -0.05) is 0 Å². The third-order valence-electron chi connectivity index (χ3n) is 6.30. The number of hydrogen-bond acceptors (Lipinski definition) is 9. The number of nitriles is 1. The van der Waals surface area contributed by atoms with E-state index in [1.807, 2.05) is 18.2 Å². The van der Waals surface area contributed by atoms with Gasteiger partial charge in [-0.15, -0.1) is 22.7 Å². The fourth-order valence-corrected chi connectivity index (χ4v) is 6.71. The average Bonchev–Trinajstić information content (AvgIpc) is 3.50. The Morgan fingerprint density at radius 2 is 2.14 bits per heavy atom. The van der Waals surface area contributed by atoms with Gasteiger partial charge >= 0.3 is 5.76 Å². The molecule has 4 heterocycles. The molecule has 0 bridgehead atoms. The minimum absolute atomic E-state index is 0.0661. The molecule has 0 saturated carbocycles. The summed E-state index contributed by atoms with van der Waals surface area (Å²) in [6, 6.07) is 11.5. The fraction of sp³-hybridized carbons (Fsp3) is 0.400. The van der Waals surface area contributed by atoms with Crippen LogP contribution in [0.1, 0.15) is 11.3 Å². The van der Waals surface area contributed by atoms with Crippen LogP contribution in [-0.2, 0) is 27.7 Å². The van der Waals surface area contributed by atoms with Crippen LogP contribution < -0.4 is 16.4 Å². The molecule has 1 aromatic carbocycles. The number of oxazole rings is 1. The van der Waals surface area contributed by atoms with Gasteiger partial charge in [-0.3, -0.25) is 9.36 Å². The van der Waals surface area contributed by atoms with Crippen LogP contribution >= 0.6 is 22.7 Å². The number of nitrogens with zero attached hydrogens (tertiary/aromatic N) is 2. The van der Waals surface area contributed by atoms with Crippen LogP contribution in [0.5, 0.6) is 0 Å². The fourth-order valence-electron chi connectivity index (χ4n) is 4.25. The summed E-state index contributed by atoms with van der Waals surface area (Å²) in [4.78, 5) is 26.6. The van der Waals surface area contributed by atoms with Crippen molar-refractivity contribution >= 4 is 49.1 Å². The molecule has 1 amide bonds. The lowest BCUT2D eigenvalue weighted by atomic mass is 10.1. The molecule has 1 aliphatic rings. The van der Waals surface area contributed by atoms with Crippen molar-refractivity contribution in [2.75, 3.05) is 26.8 Å². The molecule has 0 aliphatic carbocycles. The molecule has 3 aromatic heterocycles. The zero-order chi connectivity index (χ0) is 25.2. The maximum atomic E-state index is 12.7. The van der Waals surface area contributed by atoms with Gasteiger partial charge in [-0.25, -0.2) is 4.79 Å². The molecule has 3 atom stereocenters. The van der Waals surface area contributed by atoms with E-state index in [4.69, 9.17) is 13.9 Å². The molecule has 11 heteroatoms. The van der Waals surface area contributed by atoms with Crippen molar-refractivity contribution in [2.24, 2.45) is 7.05 Å². The number of rotatable bonds is 6. The first-order valence-electron chi connectivity index (χ1n) is 11.6. The highest BCUT2D eigenvalue weighted by Crippen LogP contribution is 2.39. The first-order chi connectivity index (χ1) is 17.4. The van der Waals surface area contributed by atoms with E-state index in [0.29, 0.717) is 38.1 Å². The second-order valence-corrected chi connectivity index (χ2v) is 11.0. The van der Waals surface area contributed by atoms with Crippen molar-refractivity contribution < 1.29 is 18.7 Å². The Bertz CT molecular complexity index is 1450. The molecule has 4 aromatic rings. The molecule has 188 valence electrons. The van der Waals surface area contributed by atoms with E-state index < -0.39 is 12.1 Å². The number of carbonyl (C=O) groups is 1. The Labute approximate surface area is 215 Å². The topological polar surface area (TPSA) is 119 Å². The number of methoxy groups -OCH3 is 1. The number of aromatic nitrogens is 1. The van der Waals surface area contributed by atoms with Crippen LogP contribution in [0.3, 0.4) is 0 Å².